The first-order valence-electron chi connectivity index (χ1n) is 8.78. The quantitative estimate of drug-likeness (QED) is 0.355. The smallest absolute Gasteiger partial charge is 0.257 e. The van der Waals surface area contributed by atoms with Crippen LogP contribution in [0.3, 0.4) is 0 Å². The van der Waals surface area contributed by atoms with Gasteiger partial charge in [0.2, 0.25) is 0 Å². The summed E-state index contributed by atoms with van der Waals surface area (Å²) in [5.74, 6) is 1.19. The van der Waals surface area contributed by atoms with Gasteiger partial charge in [-0.2, -0.15) is 0 Å². The molecule has 7 heteroatoms. The largest absolute Gasteiger partial charge is 0.496 e. The lowest BCUT2D eigenvalue weighted by Crippen LogP contribution is -2.34. The van der Waals surface area contributed by atoms with Crippen LogP contribution in [-0.4, -0.2) is 18.1 Å². The third kappa shape index (κ3) is 6.16. The maximum Gasteiger partial charge on any atom is 0.257 e. The topological polar surface area (TPSA) is 59.6 Å². The van der Waals surface area contributed by atoms with E-state index in [4.69, 9.17) is 21.7 Å². The molecule has 29 heavy (non-hydrogen) atoms. The van der Waals surface area contributed by atoms with Crippen molar-refractivity contribution in [2.24, 2.45) is 0 Å². The number of carbonyl (C=O) groups excluding carboxylic acids is 1. The molecule has 0 atom stereocenters. The fourth-order valence-corrected chi connectivity index (χ4v) is 3.47. The van der Waals surface area contributed by atoms with Gasteiger partial charge in [0.1, 0.15) is 18.1 Å². The number of amides is 1. The normalized spacial score (nSPS) is 10.1. The zero-order chi connectivity index (χ0) is 20.6. The van der Waals surface area contributed by atoms with Crippen LogP contribution in [0.15, 0.2) is 72.8 Å². The Bertz CT molecular complexity index is 995. The second-order valence-electron chi connectivity index (χ2n) is 6.06. The van der Waals surface area contributed by atoms with Gasteiger partial charge in [-0.15, -0.1) is 0 Å². The first kappa shape index (κ1) is 21.1. The summed E-state index contributed by atoms with van der Waals surface area (Å²) in [5, 5.41) is 5.90. The monoisotopic (exact) mass is 518 g/mol. The van der Waals surface area contributed by atoms with E-state index in [-0.39, 0.29) is 11.0 Å². The predicted molar refractivity (Wildman–Crippen MR) is 127 cm³/mol. The van der Waals surface area contributed by atoms with Crippen LogP contribution >= 0.6 is 34.8 Å². The van der Waals surface area contributed by atoms with Crippen molar-refractivity contribution in [3.05, 3.63) is 87.5 Å². The van der Waals surface area contributed by atoms with E-state index in [1.807, 2.05) is 54.6 Å². The summed E-state index contributed by atoms with van der Waals surface area (Å²) in [6.07, 6.45) is 0. The molecule has 0 saturated carbocycles. The molecule has 0 radical (unpaired) electrons. The van der Waals surface area contributed by atoms with Crippen molar-refractivity contribution in [3.8, 4) is 11.5 Å². The SMILES string of the molecule is COc1ccc(C(=O)NC(=S)Nc2ccc(OCc3ccccc3)cc2)cc1I. The number of hydrogen-bond acceptors (Lipinski definition) is 4. The number of anilines is 1. The number of halogens is 1. The van der Waals surface area contributed by atoms with Crippen molar-refractivity contribution in [1.82, 2.24) is 5.32 Å². The molecule has 2 N–H and O–H groups in total. The van der Waals surface area contributed by atoms with Gasteiger partial charge in [-0.1, -0.05) is 30.3 Å². The minimum atomic E-state index is -0.286. The van der Waals surface area contributed by atoms with Crippen molar-refractivity contribution >= 4 is 51.5 Å². The first-order chi connectivity index (χ1) is 14.0. The highest BCUT2D eigenvalue weighted by atomic mass is 127. The van der Waals surface area contributed by atoms with Crippen molar-refractivity contribution < 1.29 is 14.3 Å². The number of methoxy groups -OCH3 is 1. The summed E-state index contributed by atoms with van der Waals surface area (Å²) < 4.78 is 11.8. The second kappa shape index (κ2) is 10.2. The van der Waals surface area contributed by atoms with Crippen LogP contribution in [0, 0.1) is 3.57 Å². The molecular weight excluding hydrogens is 499 g/mol. The van der Waals surface area contributed by atoms with Crippen LogP contribution in [0.1, 0.15) is 15.9 Å². The summed E-state index contributed by atoms with van der Waals surface area (Å²) in [6.45, 7) is 0.503. The highest BCUT2D eigenvalue weighted by molar-refractivity contribution is 14.1. The fourth-order valence-electron chi connectivity index (χ4n) is 2.52. The Hall–Kier alpha value is -2.65. The number of carbonyl (C=O) groups is 1. The van der Waals surface area contributed by atoms with Gasteiger partial charge < -0.3 is 14.8 Å². The predicted octanol–water partition coefficient (Wildman–Crippen LogP) is 5.01. The Morgan fingerprint density at radius 3 is 2.41 bits per heavy atom. The van der Waals surface area contributed by atoms with Gasteiger partial charge in [0, 0.05) is 11.3 Å². The van der Waals surface area contributed by atoms with E-state index in [0.717, 1.165) is 26.3 Å². The van der Waals surface area contributed by atoms with E-state index in [1.165, 1.54) is 0 Å². The van der Waals surface area contributed by atoms with Crippen LogP contribution in [0.4, 0.5) is 5.69 Å². The van der Waals surface area contributed by atoms with Gasteiger partial charge >= 0.3 is 0 Å². The molecule has 0 aliphatic heterocycles. The fraction of sp³-hybridized carbons (Fsp3) is 0.0909. The van der Waals surface area contributed by atoms with Gasteiger partial charge in [-0.3, -0.25) is 10.1 Å². The van der Waals surface area contributed by atoms with Crippen LogP contribution in [-0.2, 0) is 6.61 Å². The first-order valence-corrected chi connectivity index (χ1v) is 10.3. The lowest BCUT2D eigenvalue weighted by molar-refractivity contribution is 0.0977. The maximum atomic E-state index is 12.4. The van der Waals surface area contributed by atoms with Gasteiger partial charge in [-0.05, 0) is 82.8 Å². The number of benzene rings is 3. The number of rotatable bonds is 6. The molecule has 0 spiro atoms. The van der Waals surface area contributed by atoms with Crippen molar-refractivity contribution in [1.29, 1.82) is 0 Å². The van der Waals surface area contributed by atoms with Gasteiger partial charge in [0.05, 0.1) is 10.7 Å². The summed E-state index contributed by atoms with van der Waals surface area (Å²) in [6, 6.07) is 22.5. The average molecular weight is 518 g/mol. The number of hydrogen-bond donors (Lipinski definition) is 2. The van der Waals surface area contributed by atoms with Gasteiger partial charge in [-0.25, -0.2) is 0 Å². The lowest BCUT2D eigenvalue weighted by Gasteiger charge is -2.11. The maximum absolute atomic E-state index is 12.4. The molecule has 0 unspecified atom stereocenters. The molecular formula is C22H19IN2O3S. The number of thiocarbonyl (C=S) groups is 1. The number of nitrogens with one attached hydrogen (secondary N) is 2. The molecule has 3 aromatic rings. The second-order valence-corrected chi connectivity index (χ2v) is 7.63. The Morgan fingerprint density at radius 2 is 1.76 bits per heavy atom. The molecule has 0 fully saturated rings. The van der Waals surface area contributed by atoms with Crippen LogP contribution < -0.4 is 20.1 Å². The third-order valence-electron chi connectivity index (χ3n) is 4.00. The minimum Gasteiger partial charge on any atom is -0.496 e. The Morgan fingerprint density at radius 1 is 1.03 bits per heavy atom. The molecule has 0 bridgehead atoms. The van der Waals surface area contributed by atoms with Gasteiger partial charge in [0.25, 0.3) is 5.91 Å². The van der Waals surface area contributed by atoms with E-state index in [1.54, 1.807) is 25.3 Å². The van der Waals surface area contributed by atoms with E-state index in [0.29, 0.717) is 12.2 Å². The molecule has 0 aromatic heterocycles. The Labute approximate surface area is 188 Å². The van der Waals surface area contributed by atoms with Crippen LogP contribution in [0.25, 0.3) is 0 Å². The molecule has 148 valence electrons. The molecule has 1 amide bonds. The van der Waals surface area contributed by atoms with E-state index < -0.39 is 0 Å². The summed E-state index contributed by atoms with van der Waals surface area (Å²) in [7, 11) is 1.59. The molecule has 5 nitrogen and oxygen atoms in total. The standard InChI is InChI=1S/C22H19IN2O3S/c1-27-20-12-7-16(13-19(20)23)21(26)25-22(29)24-17-8-10-18(11-9-17)28-14-15-5-3-2-4-6-15/h2-13H,14H2,1H3,(H2,24,25,26,29). The zero-order valence-corrected chi connectivity index (χ0v) is 18.6. The van der Waals surface area contributed by atoms with Crippen LogP contribution in [0.5, 0.6) is 11.5 Å². The highest BCUT2D eigenvalue weighted by Crippen LogP contribution is 2.21. The van der Waals surface area contributed by atoms with Crippen LogP contribution in [0.2, 0.25) is 0 Å². The van der Waals surface area contributed by atoms with Crippen molar-refractivity contribution in [3.63, 3.8) is 0 Å². The Kier molecular flexibility index (Phi) is 7.42. The molecule has 0 aliphatic rings. The van der Waals surface area contributed by atoms with E-state index >= 15 is 0 Å². The van der Waals surface area contributed by atoms with Crippen molar-refractivity contribution in [2.75, 3.05) is 12.4 Å². The Balaban J connectivity index is 1.52. The highest BCUT2D eigenvalue weighted by Gasteiger charge is 2.10. The molecule has 0 heterocycles. The van der Waals surface area contributed by atoms with Gasteiger partial charge in [0.15, 0.2) is 5.11 Å². The molecule has 3 aromatic carbocycles. The number of ether oxygens (including phenoxy) is 2. The average Bonchev–Trinajstić information content (AvgIpc) is 2.74. The molecule has 0 aliphatic carbocycles. The van der Waals surface area contributed by atoms with Crippen molar-refractivity contribution in [2.45, 2.75) is 6.61 Å². The molecule has 3 rings (SSSR count). The lowest BCUT2D eigenvalue weighted by atomic mass is 10.2. The summed E-state index contributed by atoms with van der Waals surface area (Å²) >= 11 is 7.36. The molecule has 0 saturated heterocycles. The third-order valence-corrected chi connectivity index (χ3v) is 5.05. The van der Waals surface area contributed by atoms with E-state index in [9.17, 15) is 4.79 Å². The minimum absolute atomic E-state index is 0.221. The zero-order valence-electron chi connectivity index (χ0n) is 15.6. The summed E-state index contributed by atoms with van der Waals surface area (Å²) in [5.41, 5.74) is 2.36. The van der Waals surface area contributed by atoms with E-state index in [2.05, 4.69) is 33.2 Å². The summed E-state index contributed by atoms with van der Waals surface area (Å²) in [4.78, 5) is 12.4.